The number of nitrogens with zero attached hydrogens (tertiary/aromatic N) is 5. The zero-order valence-electron chi connectivity index (χ0n) is 19.5. The van der Waals surface area contributed by atoms with Gasteiger partial charge in [-0.05, 0) is 29.8 Å². The van der Waals surface area contributed by atoms with Gasteiger partial charge in [-0.3, -0.25) is 9.89 Å². The first-order valence-electron chi connectivity index (χ1n) is 11.5. The minimum Gasteiger partial charge on any atom is -0.378 e. The number of morpholine rings is 1. The Morgan fingerprint density at radius 2 is 1.94 bits per heavy atom. The molecule has 0 radical (unpaired) electrons. The first-order valence-corrected chi connectivity index (χ1v) is 12.3. The number of H-pyrrole nitrogens is 1. The number of carbonyl (C=O) groups excluding carboxylic acids is 1. The van der Waals surface area contributed by atoms with E-state index in [9.17, 15) is 4.79 Å². The number of amides is 1. The van der Waals surface area contributed by atoms with E-state index < -0.39 is 0 Å². The van der Waals surface area contributed by atoms with E-state index in [0.717, 1.165) is 61.7 Å². The van der Waals surface area contributed by atoms with Gasteiger partial charge in [0.05, 0.1) is 35.1 Å². The molecule has 0 spiro atoms. The second-order valence-corrected chi connectivity index (χ2v) is 9.61. The van der Waals surface area contributed by atoms with E-state index in [1.165, 1.54) is 0 Å². The van der Waals surface area contributed by atoms with Crippen LogP contribution in [0.4, 0.5) is 11.5 Å². The highest BCUT2D eigenvalue weighted by molar-refractivity contribution is 7.22. The van der Waals surface area contributed by atoms with Crippen LogP contribution in [0, 0.1) is 0 Å². The number of thiophene rings is 1. The lowest BCUT2D eigenvalue weighted by Crippen LogP contribution is -2.36. The SMILES string of the molecule is CC(=O)N(C)c1cccc(-c2cc3nc(-c4cccc5[nH]ncc45)nc(N4CCOCC4)c3s2)c1. The molecule has 4 heterocycles. The molecule has 0 unspecified atom stereocenters. The lowest BCUT2D eigenvalue weighted by Gasteiger charge is -2.28. The van der Waals surface area contributed by atoms with Crippen LogP contribution in [0.2, 0.25) is 0 Å². The summed E-state index contributed by atoms with van der Waals surface area (Å²) in [5.74, 6) is 1.61. The molecule has 8 nitrogen and oxygen atoms in total. The lowest BCUT2D eigenvalue weighted by atomic mass is 10.1. The number of carbonyl (C=O) groups is 1. The van der Waals surface area contributed by atoms with E-state index in [1.54, 1.807) is 30.2 Å². The molecule has 3 aromatic heterocycles. The van der Waals surface area contributed by atoms with Crippen LogP contribution < -0.4 is 9.80 Å². The number of rotatable bonds is 4. The predicted octanol–water partition coefficient (Wildman–Crippen LogP) is 4.72. The van der Waals surface area contributed by atoms with Gasteiger partial charge in [-0.1, -0.05) is 24.3 Å². The fourth-order valence-electron chi connectivity index (χ4n) is 4.38. The Morgan fingerprint density at radius 1 is 1.11 bits per heavy atom. The third kappa shape index (κ3) is 3.92. The Bertz CT molecular complexity index is 1550. The number of nitrogens with one attached hydrogen (secondary N) is 1. The maximum absolute atomic E-state index is 11.9. The van der Waals surface area contributed by atoms with Gasteiger partial charge in [0, 0.05) is 48.6 Å². The van der Waals surface area contributed by atoms with Gasteiger partial charge in [-0.25, -0.2) is 9.97 Å². The van der Waals surface area contributed by atoms with Gasteiger partial charge in [-0.15, -0.1) is 11.3 Å². The number of fused-ring (bicyclic) bond motifs is 2. The monoisotopic (exact) mass is 484 g/mol. The third-order valence-corrected chi connectivity index (χ3v) is 7.55. The second-order valence-electron chi connectivity index (χ2n) is 8.56. The summed E-state index contributed by atoms with van der Waals surface area (Å²) in [5, 5.41) is 8.24. The summed E-state index contributed by atoms with van der Waals surface area (Å²) in [4.78, 5) is 27.0. The van der Waals surface area contributed by atoms with Gasteiger partial charge in [0.15, 0.2) is 11.6 Å². The average molecular weight is 485 g/mol. The Hall–Kier alpha value is -3.82. The molecule has 0 aliphatic carbocycles. The Balaban J connectivity index is 1.52. The highest BCUT2D eigenvalue weighted by Gasteiger charge is 2.21. The van der Waals surface area contributed by atoms with Gasteiger partial charge >= 0.3 is 0 Å². The molecule has 6 rings (SSSR count). The Kier molecular flexibility index (Phi) is 5.43. The molecular weight excluding hydrogens is 460 g/mol. The number of hydrogen-bond donors (Lipinski definition) is 1. The third-order valence-electron chi connectivity index (χ3n) is 6.38. The highest BCUT2D eigenvalue weighted by Crippen LogP contribution is 2.40. The lowest BCUT2D eigenvalue weighted by molar-refractivity contribution is -0.116. The molecule has 1 aliphatic heterocycles. The molecule has 9 heteroatoms. The second kappa shape index (κ2) is 8.75. The molecule has 2 aromatic carbocycles. The van der Waals surface area contributed by atoms with Crippen LogP contribution in [0.25, 0.3) is 42.9 Å². The molecule has 1 N–H and O–H groups in total. The van der Waals surface area contributed by atoms with Gasteiger partial charge in [0.25, 0.3) is 0 Å². The molecule has 0 atom stereocenters. The van der Waals surface area contributed by atoms with E-state index >= 15 is 0 Å². The summed E-state index contributed by atoms with van der Waals surface area (Å²) >= 11 is 1.68. The molecule has 0 saturated carbocycles. The Morgan fingerprint density at radius 3 is 2.77 bits per heavy atom. The number of aromatic amines is 1. The molecule has 35 heavy (non-hydrogen) atoms. The van der Waals surface area contributed by atoms with E-state index in [-0.39, 0.29) is 5.91 Å². The van der Waals surface area contributed by atoms with Gasteiger partial charge in [-0.2, -0.15) is 5.10 Å². The summed E-state index contributed by atoms with van der Waals surface area (Å²) < 4.78 is 6.65. The van der Waals surface area contributed by atoms with Crippen LogP contribution in [-0.4, -0.2) is 59.4 Å². The van der Waals surface area contributed by atoms with Crippen LogP contribution in [-0.2, 0) is 9.53 Å². The van der Waals surface area contributed by atoms with Crippen LogP contribution in [0.3, 0.4) is 0 Å². The average Bonchev–Trinajstić information content (AvgIpc) is 3.55. The van der Waals surface area contributed by atoms with Crippen LogP contribution >= 0.6 is 11.3 Å². The van der Waals surface area contributed by atoms with Crippen LogP contribution in [0.5, 0.6) is 0 Å². The fourth-order valence-corrected chi connectivity index (χ4v) is 5.49. The van der Waals surface area contributed by atoms with Crippen molar-refractivity contribution >= 4 is 49.9 Å². The van der Waals surface area contributed by atoms with Gasteiger partial charge in [0.2, 0.25) is 5.91 Å². The summed E-state index contributed by atoms with van der Waals surface area (Å²) in [5.41, 5.74) is 4.72. The maximum atomic E-state index is 11.9. The van der Waals surface area contributed by atoms with E-state index in [4.69, 9.17) is 14.7 Å². The van der Waals surface area contributed by atoms with Crippen molar-refractivity contribution in [3.63, 3.8) is 0 Å². The van der Waals surface area contributed by atoms with Gasteiger partial charge < -0.3 is 14.5 Å². The van der Waals surface area contributed by atoms with Crippen molar-refractivity contribution in [1.82, 2.24) is 20.2 Å². The van der Waals surface area contributed by atoms with Crippen molar-refractivity contribution in [2.24, 2.45) is 0 Å². The molecule has 1 aliphatic rings. The van der Waals surface area contributed by atoms with Crippen molar-refractivity contribution < 1.29 is 9.53 Å². The first-order chi connectivity index (χ1) is 17.1. The van der Waals surface area contributed by atoms with Crippen molar-refractivity contribution in [3.8, 4) is 21.8 Å². The topological polar surface area (TPSA) is 87.2 Å². The first kappa shape index (κ1) is 21.7. The summed E-state index contributed by atoms with van der Waals surface area (Å²) in [6, 6.07) is 16.2. The quantitative estimate of drug-likeness (QED) is 0.397. The molecule has 1 amide bonds. The van der Waals surface area contributed by atoms with Crippen molar-refractivity contribution in [1.29, 1.82) is 0 Å². The van der Waals surface area contributed by atoms with E-state index in [1.807, 2.05) is 42.6 Å². The summed E-state index contributed by atoms with van der Waals surface area (Å²) in [6.45, 7) is 4.49. The molecule has 1 saturated heterocycles. The highest BCUT2D eigenvalue weighted by atomic mass is 32.1. The number of ether oxygens (including phenoxy) is 1. The Labute approximate surface area is 206 Å². The zero-order chi connectivity index (χ0) is 23.9. The standard InChI is InChI=1S/C26H24N6O2S/c1-16(33)31(2)18-6-3-5-17(13-18)23-14-22-24(35-23)26(32-9-11-34-12-10-32)29-25(28-22)19-7-4-8-21-20(19)15-27-30-21/h3-8,13-15H,9-12H2,1-2H3,(H,27,30). The molecule has 5 aromatic rings. The van der Waals surface area contributed by atoms with Crippen molar-refractivity contribution in [2.75, 3.05) is 43.2 Å². The largest absolute Gasteiger partial charge is 0.378 e. The van der Waals surface area contributed by atoms with E-state index in [0.29, 0.717) is 19.0 Å². The van der Waals surface area contributed by atoms with Crippen molar-refractivity contribution in [2.45, 2.75) is 6.92 Å². The molecule has 0 bridgehead atoms. The summed E-state index contributed by atoms with van der Waals surface area (Å²) in [6.07, 6.45) is 1.82. The molecular formula is C26H24N6O2S. The smallest absolute Gasteiger partial charge is 0.223 e. The molecule has 176 valence electrons. The minimum absolute atomic E-state index is 0.00275. The number of anilines is 2. The number of benzene rings is 2. The van der Waals surface area contributed by atoms with Crippen molar-refractivity contribution in [3.05, 3.63) is 54.7 Å². The number of aromatic nitrogens is 4. The van der Waals surface area contributed by atoms with Gasteiger partial charge in [0.1, 0.15) is 0 Å². The summed E-state index contributed by atoms with van der Waals surface area (Å²) in [7, 11) is 1.79. The minimum atomic E-state index is -0.00275. The maximum Gasteiger partial charge on any atom is 0.223 e. The van der Waals surface area contributed by atoms with Crippen LogP contribution in [0.15, 0.2) is 54.7 Å². The van der Waals surface area contributed by atoms with Crippen LogP contribution in [0.1, 0.15) is 6.92 Å². The predicted molar refractivity (Wildman–Crippen MR) is 140 cm³/mol. The van der Waals surface area contributed by atoms with E-state index in [2.05, 4.69) is 27.2 Å². The number of hydrogen-bond acceptors (Lipinski definition) is 7. The molecule has 1 fully saturated rings. The normalized spacial score (nSPS) is 14.1. The zero-order valence-corrected chi connectivity index (χ0v) is 20.3. The fraction of sp³-hybridized carbons (Fsp3) is 0.231.